The van der Waals surface area contributed by atoms with E-state index in [0.717, 1.165) is 25.7 Å². The molecule has 0 saturated heterocycles. The van der Waals surface area contributed by atoms with Gasteiger partial charge in [-0.15, -0.1) is 0 Å². The molecule has 0 bridgehead atoms. The Balaban J connectivity index is 0. The second kappa shape index (κ2) is 20.2. The Labute approximate surface area is 199 Å². The van der Waals surface area contributed by atoms with Gasteiger partial charge in [-0.2, -0.15) is 0 Å². The van der Waals surface area contributed by atoms with Crippen molar-refractivity contribution in [1.29, 1.82) is 0 Å². The fraction of sp³-hybridized carbons (Fsp3) is 1.00. The summed E-state index contributed by atoms with van der Waals surface area (Å²) in [6.45, 7) is 2.25. The molecule has 0 aliphatic heterocycles. The van der Waals surface area contributed by atoms with Gasteiger partial charge in [0.25, 0.3) is 0 Å². The zero-order valence-corrected chi connectivity index (χ0v) is 20.6. The molecule has 4 nitrogen and oxygen atoms in total. The van der Waals surface area contributed by atoms with E-state index in [1.165, 1.54) is 64.2 Å². The second-order valence-electron chi connectivity index (χ2n) is 7.09. The Bertz CT molecular complexity index is 360. The Morgan fingerprint density at radius 3 is 1.48 bits per heavy atom. The minimum atomic E-state index is -4.07. The maximum absolute atomic E-state index is 10.5. The first-order valence-corrected chi connectivity index (χ1v) is 11.6. The average molecular weight is 403 g/mol. The van der Waals surface area contributed by atoms with Crippen LogP contribution in [0.1, 0.15) is 110 Å². The second-order valence-corrected chi connectivity index (χ2v) is 8.61. The minimum Gasteiger partial charge on any atom is -0.748 e. The van der Waals surface area contributed by atoms with Gasteiger partial charge in [0.15, 0.2) is 0 Å². The molecule has 0 aromatic carbocycles. The van der Waals surface area contributed by atoms with E-state index in [9.17, 15) is 18.1 Å². The molecule has 0 amide bonds. The zero-order valence-electron chi connectivity index (χ0n) is 16.7. The molecular weight excluding hydrogens is 363 g/mol. The molecule has 0 spiro atoms. The molecule has 25 heavy (non-hydrogen) atoms. The first-order chi connectivity index (χ1) is 11.5. The average Bonchev–Trinajstić information content (AvgIpc) is 2.51. The van der Waals surface area contributed by atoms with Gasteiger partial charge >= 0.3 is 51.4 Å². The summed E-state index contributed by atoms with van der Waals surface area (Å²) in [6, 6.07) is 0. The number of hydrogen-bond acceptors (Lipinski definition) is 4. The molecule has 0 aliphatic rings. The van der Waals surface area contributed by atoms with Crippen LogP contribution in [0.4, 0.5) is 0 Å². The standard InChI is InChI=1S/C19H40O4S.K/c1-2-3-4-5-6-7-8-9-10-11-13-16-19(20)17-14-12-15-18-24(21,22)23;/h19-20H,2-18H2,1H3,(H,21,22,23);/q;+1/p-1. The van der Waals surface area contributed by atoms with Crippen molar-refractivity contribution in [3.8, 4) is 0 Å². The number of aliphatic hydroxyl groups is 1. The molecular formula is C19H39KO4S. The fourth-order valence-electron chi connectivity index (χ4n) is 3.02. The summed E-state index contributed by atoms with van der Waals surface area (Å²) >= 11 is 0. The summed E-state index contributed by atoms with van der Waals surface area (Å²) in [7, 11) is -4.07. The first kappa shape index (κ1) is 28.7. The maximum atomic E-state index is 10.5. The molecule has 6 heteroatoms. The Morgan fingerprint density at radius 2 is 1.08 bits per heavy atom. The van der Waals surface area contributed by atoms with E-state index >= 15 is 0 Å². The predicted octanol–water partition coefficient (Wildman–Crippen LogP) is 2.16. The monoisotopic (exact) mass is 402 g/mol. The van der Waals surface area contributed by atoms with Crippen LogP contribution in [-0.4, -0.2) is 29.9 Å². The molecule has 0 saturated carbocycles. The molecule has 0 aliphatic carbocycles. The van der Waals surface area contributed by atoms with Gasteiger partial charge in [-0.25, -0.2) is 8.42 Å². The van der Waals surface area contributed by atoms with Crippen LogP contribution in [0.2, 0.25) is 0 Å². The van der Waals surface area contributed by atoms with Gasteiger partial charge in [0.05, 0.1) is 16.2 Å². The van der Waals surface area contributed by atoms with E-state index in [1.807, 2.05) is 0 Å². The quantitative estimate of drug-likeness (QED) is 0.216. The van der Waals surface area contributed by atoms with E-state index in [-0.39, 0.29) is 63.2 Å². The molecule has 0 radical (unpaired) electrons. The van der Waals surface area contributed by atoms with Crippen molar-refractivity contribution in [2.75, 3.05) is 5.75 Å². The fourth-order valence-corrected chi connectivity index (χ4v) is 3.58. The van der Waals surface area contributed by atoms with E-state index < -0.39 is 10.1 Å². The van der Waals surface area contributed by atoms with Crippen LogP contribution in [-0.2, 0) is 10.1 Å². The van der Waals surface area contributed by atoms with E-state index in [4.69, 9.17) is 0 Å². The maximum Gasteiger partial charge on any atom is 1.00 e. The number of unbranched alkanes of at least 4 members (excludes halogenated alkanes) is 12. The topological polar surface area (TPSA) is 77.4 Å². The summed E-state index contributed by atoms with van der Waals surface area (Å²) in [6.07, 6.45) is 17.6. The number of rotatable bonds is 18. The molecule has 0 fully saturated rings. The molecule has 0 rings (SSSR count). The molecule has 0 heterocycles. The normalized spacial score (nSPS) is 12.8. The van der Waals surface area contributed by atoms with Gasteiger partial charge in [0, 0.05) is 5.75 Å². The largest absolute Gasteiger partial charge is 1.00 e. The molecule has 0 aromatic rings. The first-order valence-electron chi connectivity index (χ1n) is 10.1. The molecule has 146 valence electrons. The third kappa shape index (κ3) is 25.5. The third-order valence-corrected chi connectivity index (χ3v) is 5.36. The van der Waals surface area contributed by atoms with Crippen LogP contribution >= 0.6 is 0 Å². The zero-order chi connectivity index (χ0) is 18.1. The van der Waals surface area contributed by atoms with Crippen LogP contribution in [0.15, 0.2) is 0 Å². The molecule has 0 aromatic heterocycles. The molecule has 1 N–H and O–H groups in total. The Morgan fingerprint density at radius 1 is 0.720 bits per heavy atom. The van der Waals surface area contributed by atoms with Gasteiger partial charge in [0.2, 0.25) is 0 Å². The van der Waals surface area contributed by atoms with Crippen molar-refractivity contribution in [3.63, 3.8) is 0 Å². The van der Waals surface area contributed by atoms with Crippen molar-refractivity contribution < 1.29 is 69.5 Å². The van der Waals surface area contributed by atoms with Crippen molar-refractivity contribution in [1.82, 2.24) is 0 Å². The van der Waals surface area contributed by atoms with E-state index in [1.54, 1.807) is 0 Å². The summed E-state index contributed by atoms with van der Waals surface area (Å²) in [5, 5.41) is 9.87. The van der Waals surface area contributed by atoms with Crippen LogP contribution in [0.5, 0.6) is 0 Å². The van der Waals surface area contributed by atoms with Crippen LogP contribution in [0.25, 0.3) is 0 Å². The number of aliphatic hydroxyl groups excluding tert-OH is 1. The van der Waals surface area contributed by atoms with E-state index in [0.29, 0.717) is 12.8 Å². The van der Waals surface area contributed by atoms with Crippen molar-refractivity contribution >= 4 is 10.1 Å². The summed E-state index contributed by atoms with van der Waals surface area (Å²) in [5.74, 6) is -0.276. The van der Waals surface area contributed by atoms with E-state index in [2.05, 4.69) is 6.92 Å². The SMILES string of the molecule is CCCCCCCCCCCCCC(O)CCCCCS(=O)(=O)[O-].[K+]. The van der Waals surface area contributed by atoms with Gasteiger partial charge in [-0.05, 0) is 19.3 Å². The summed E-state index contributed by atoms with van der Waals surface area (Å²) in [5.41, 5.74) is 0. The van der Waals surface area contributed by atoms with Gasteiger partial charge < -0.3 is 9.66 Å². The van der Waals surface area contributed by atoms with Gasteiger partial charge in [-0.1, -0.05) is 90.4 Å². The summed E-state index contributed by atoms with van der Waals surface area (Å²) < 4.78 is 31.4. The Kier molecular flexibility index (Phi) is 23.3. The van der Waals surface area contributed by atoms with Crippen molar-refractivity contribution in [3.05, 3.63) is 0 Å². The number of hydrogen-bond donors (Lipinski definition) is 1. The minimum absolute atomic E-state index is 0. The van der Waals surface area contributed by atoms with Crippen LogP contribution in [0.3, 0.4) is 0 Å². The Hall–Kier alpha value is 1.51. The van der Waals surface area contributed by atoms with Crippen molar-refractivity contribution in [2.45, 2.75) is 116 Å². The van der Waals surface area contributed by atoms with Gasteiger partial charge in [-0.3, -0.25) is 0 Å². The smallest absolute Gasteiger partial charge is 0.748 e. The summed E-state index contributed by atoms with van der Waals surface area (Å²) in [4.78, 5) is 0. The molecule has 1 atom stereocenters. The predicted molar refractivity (Wildman–Crippen MR) is 100 cm³/mol. The third-order valence-electron chi connectivity index (χ3n) is 4.57. The van der Waals surface area contributed by atoms with Crippen molar-refractivity contribution in [2.24, 2.45) is 0 Å². The van der Waals surface area contributed by atoms with Gasteiger partial charge in [0.1, 0.15) is 0 Å². The van der Waals surface area contributed by atoms with Crippen LogP contribution < -0.4 is 51.4 Å². The molecule has 1 unspecified atom stereocenters. The van der Waals surface area contributed by atoms with Crippen LogP contribution in [0, 0.1) is 0 Å².